The maximum Gasteiger partial charge on any atom is 0.336 e. The molecule has 1 N–H and O–H groups in total. The molecule has 0 amide bonds. The molecule has 44 heavy (non-hydrogen) atoms. The normalized spacial score (nSPS) is 11.6. The molecule has 0 spiro atoms. The van der Waals surface area contributed by atoms with Crippen LogP contribution in [0.5, 0.6) is 0 Å². The van der Waals surface area contributed by atoms with E-state index in [0.717, 1.165) is 64.9 Å². The van der Waals surface area contributed by atoms with Crippen molar-refractivity contribution in [2.75, 3.05) is 10.1 Å². The number of carbonyl (C=O) groups is 1. The first-order valence-electron chi connectivity index (χ1n) is 15.2. The number of hydrogen-bond acceptors (Lipinski definition) is 4. The monoisotopic (exact) mass is 609 g/mol. The summed E-state index contributed by atoms with van der Waals surface area (Å²) in [6.45, 7) is 6.36. The van der Waals surface area contributed by atoms with Gasteiger partial charge in [-0.2, -0.15) is 0 Å². The molecule has 0 bridgehead atoms. The van der Waals surface area contributed by atoms with E-state index in [4.69, 9.17) is 4.98 Å². The van der Waals surface area contributed by atoms with Crippen LogP contribution < -0.4 is 4.31 Å². The van der Waals surface area contributed by atoms with Crippen molar-refractivity contribution in [1.82, 2.24) is 9.55 Å². The Morgan fingerprint density at radius 1 is 0.864 bits per heavy atom. The molecule has 1 heterocycles. The van der Waals surface area contributed by atoms with Crippen molar-refractivity contribution in [1.29, 1.82) is 0 Å². The third-order valence-electron chi connectivity index (χ3n) is 8.00. The number of anilines is 1. The second kappa shape index (κ2) is 13.5. The molecular weight excluding hydrogens is 570 g/mol. The summed E-state index contributed by atoms with van der Waals surface area (Å²) in [6.07, 6.45) is 4.06. The van der Waals surface area contributed by atoms with Crippen LogP contribution in [0.3, 0.4) is 0 Å². The molecule has 8 heteroatoms. The van der Waals surface area contributed by atoms with Gasteiger partial charge in [-0.3, -0.25) is 8.87 Å². The molecule has 228 valence electrons. The number of rotatable bonds is 13. The largest absolute Gasteiger partial charge is 0.478 e. The van der Waals surface area contributed by atoms with Crippen LogP contribution in [0.2, 0.25) is 0 Å². The van der Waals surface area contributed by atoms with E-state index in [0.29, 0.717) is 17.7 Å². The van der Waals surface area contributed by atoms with Crippen LogP contribution in [-0.2, 0) is 23.0 Å². The minimum Gasteiger partial charge on any atom is -0.478 e. The van der Waals surface area contributed by atoms with Gasteiger partial charge in [0.05, 0.1) is 40.3 Å². The third-order valence-corrected chi connectivity index (χ3v) is 9.82. The fourth-order valence-corrected chi connectivity index (χ4v) is 7.29. The molecule has 0 atom stereocenters. The van der Waals surface area contributed by atoms with E-state index in [9.17, 15) is 18.3 Å². The summed E-state index contributed by atoms with van der Waals surface area (Å²) >= 11 is 0. The van der Waals surface area contributed by atoms with Crippen LogP contribution >= 0.6 is 0 Å². The summed E-state index contributed by atoms with van der Waals surface area (Å²) < 4.78 is 31.1. The predicted molar refractivity (Wildman–Crippen MR) is 178 cm³/mol. The molecule has 1 aromatic heterocycles. The van der Waals surface area contributed by atoms with Gasteiger partial charge in [-0.25, -0.2) is 18.2 Å². The second-order valence-electron chi connectivity index (χ2n) is 11.1. The molecule has 0 radical (unpaired) electrons. The second-order valence-corrected chi connectivity index (χ2v) is 13.1. The molecule has 0 saturated carbocycles. The molecule has 0 aliphatic carbocycles. The van der Waals surface area contributed by atoms with Gasteiger partial charge in [0, 0.05) is 6.42 Å². The maximum absolute atomic E-state index is 13.7. The van der Waals surface area contributed by atoms with E-state index < -0.39 is 16.0 Å². The lowest BCUT2D eigenvalue weighted by Gasteiger charge is -2.25. The van der Waals surface area contributed by atoms with E-state index in [1.165, 1.54) is 4.31 Å². The van der Waals surface area contributed by atoms with Gasteiger partial charge in [0.15, 0.2) is 0 Å². The smallest absolute Gasteiger partial charge is 0.336 e. The van der Waals surface area contributed by atoms with Gasteiger partial charge in [0.25, 0.3) is 0 Å². The first-order chi connectivity index (χ1) is 21.2. The Bertz CT molecular complexity index is 1880. The van der Waals surface area contributed by atoms with E-state index in [1.807, 2.05) is 92.7 Å². The zero-order valence-corrected chi connectivity index (χ0v) is 26.3. The van der Waals surface area contributed by atoms with Gasteiger partial charge < -0.3 is 5.11 Å². The standard InChI is InChI=1S/C36H39N3O4S/c1-4-6-20-35-37-32-22-21-28(38(44(42,43)23-7-5-2)25-27-14-9-8-10-15-27)24-34(32)39(35)33-19-13-18-29(26(33)3)30-16-11-12-17-31(30)36(40)41/h8-19,21-22,24H,4-7,20,23,25H2,1-3H3,(H,40,41). The Morgan fingerprint density at radius 2 is 1.57 bits per heavy atom. The fourth-order valence-electron chi connectivity index (χ4n) is 5.64. The van der Waals surface area contributed by atoms with Gasteiger partial charge in [-0.05, 0) is 72.4 Å². The Balaban J connectivity index is 1.71. The van der Waals surface area contributed by atoms with Gasteiger partial charge in [0.2, 0.25) is 10.0 Å². The number of carboxylic acid groups (broad SMARTS) is 1. The molecule has 0 aliphatic heterocycles. The summed E-state index contributed by atoms with van der Waals surface area (Å²) in [7, 11) is -3.61. The molecule has 0 unspecified atom stereocenters. The predicted octanol–water partition coefficient (Wildman–Crippen LogP) is 8.18. The average Bonchev–Trinajstić information content (AvgIpc) is 3.39. The van der Waals surface area contributed by atoms with Crippen LogP contribution in [-0.4, -0.2) is 34.8 Å². The first-order valence-corrected chi connectivity index (χ1v) is 16.8. The van der Waals surface area contributed by atoms with Crippen LogP contribution in [0.1, 0.15) is 66.8 Å². The van der Waals surface area contributed by atoms with Crippen molar-refractivity contribution < 1.29 is 18.3 Å². The average molecular weight is 610 g/mol. The van der Waals surface area contributed by atoms with E-state index in [2.05, 4.69) is 11.5 Å². The summed E-state index contributed by atoms with van der Waals surface area (Å²) in [5.41, 5.74) is 6.60. The SMILES string of the molecule is CCCCc1nc2ccc(N(Cc3ccccc3)S(=O)(=O)CCCC)cc2n1-c1cccc(-c2ccccc2C(=O)O)c1C. The zero-order chi connectivity index (χ0) is 31.3. The fraction of sp³-hybridized carbons (Fsp3) is 0.278. The van der Waals surface area contributed by atoms with Crippen molar-refractivity contribution in [3.63, 3.8) is 0 Å². The van der Waals surface area contributed by atoms with Gasteiger partial charge >= 0.3 is 5.97 Å². The summed E-state index contributed by atoms with van der Waals surface area (Å²) in [6, 6.07) is 28.3. The number of imidazole rings is 1. The topological polar surface area (TPSA) is 92.5 Å². The van der Waals surface area contributed by atoms with Crippen molar-refractivity contribution >= 4 is 32.7 Å². The highest BCUT2D eigenvalue weighted by molar-refractivity contribution is 7.92. The minimum absolute atomic E-state index is 0.0690. The lowest BCUT2D eigenvalue weighted by molar-refractivity contribution is 0.0697. The lowest BCUT2D eigenvalue weighted by atomic mass is 9.95. The van der Waals surface area contributed by atoms with Gasteiger partial charge in [-0.1, -0.05) is 87.4 Å². The van der Waals surface area contributed by atoms with Crippen molar-refractivity contribution in [3.8, 4) is 16.8 Å². The molecule has 0 fully saturated rings. The summed E-state index contributed by atoms with van der Waals surface area (Å²) in [5.74, 6) is -0.0248. The zero-order valence-electron chi connectivity index (χ0n) is 25.5. The highest BCUT2D eigenvalue weighted by Crippen LogP contribution is 2.35. The van der Waals surface area contributed by atoms with Crippen molar-refractivity contribution in [2.45, 2.75) is 59.4 Å². The molecule has 5 aromatic rings. The third kappa shape index (κ3) is 6.40. The van der Waals surface area contributed by atoms with Crippen LogP contribution in [0.15, 0.2) is 91.0 Å². The number of aromatic carboxylic acids is 1. The Kier molecular flexibility index (Phi) is 9.49. The Hall–Kier alpha value is -4.43. The number of benzene rings is 4. The number of carboxylic acids is 1. The van der Waals surface area contributed by atoms with E-state index >= 15 is 0 Å². The van der Waals surface area contributed by atoms with E-state index in [1.54, 1.807) is 12.1 Å². The Labute approximate surface area is 259 Å². The molecule has 7 nitrogen and oxygen atoms in total. The lowest BCUT2D eigenvalue weighted by Crippen LogP contribution is -2.32. The maximum atomic E-state index is 13.7. The molecular formula is C36H39N3O4S. The van der Waals surface area contributed by atoms with E-state index in [-0.39, 0.29) is 17.9 Å². The minimum atomic E-state index is -3.61. The van der Waals surface area contributed by atoms with Gasteiger partial charge in [-0.15, -0.1) is 0 Å². The first kappa shape index (κ1) is 31.0. The summed E-state index contributed by atoms with van der Waals surface area (Å²) in [5, 5.41) is 9.89. The number of fused-ring (bicyclic) bond motifs is 1. The molecule has 0 aliphatic rings. The number of hydrogen-bond donors (Lipinski definition) is 1. The highest BCUT2D eigenvalue weighted by Gasteiger charge is 2.25. The molecule has 0 saturated heterocycles. The summed E-state index contributed by atoms with van der Waals surface area (Å²) in [4.78, 5) is 17.1. The number of nitrogens with zero attached hydrogens (tertiary/aromatic N) is 3. The quantitative estimate of drug-likeness (QED) is 0.145. The molecule has 5 rings (SSSR count). The number of unbranched alkanes of at least 4 members (excludes halogenated alkanes) is 2. The van der Waals surface area contributed by atoms with Crippen molar-refractivity contribution in [2.24, 2.45) is 0 Å². The van der Waals surface area contributed by atoms with Crippen LogP contribution in [0.25, 0.3) is 27.8 Å². The number of aromatic nitrogens is 2. The highest BCUT2D eigenvalue weighted by atomic mass is 32.2. The van der Waals surface area contributed by atoms with Crippen LogP contribution in [0, 0.1) is 6.92 Å². The van der Waals surface area contributed by atoms with Crippen molar-refractivity contribution in [3.05, 3.63) is 114 Å². The number of sulfonamides is 1. The van der Waals surface area contributed by atoms with Crippen LogP contribution in [0.4, 0.5) is 5.69 Å². The molecule has 4 aromatic carbocycles. The number of aryl methyl sites for hydroxylation is 1. The van der Waals surface area contributed by atoms with Gasteiger partial charge in [0.1, 0.15) is 5.82 Å². The Morgan fingerprint density at radius 3 is 2.30 bits per heavy atom.